The monoisotopic (exact) mass is 232 g/mol. The molecule has 1 aromatic carbocycles. The van der Waals surface area contributed by atoms with Gasteiger partial charge >= 0.3 is 0 Å². The lowest BCUT2D eigenvalue weighted by atomic mass is 10.1. The van der Waals surface area contributed by atoms with Crippen LogP contribution in [0.1, 0.15) is 31.7 Å². The molecule has 0 radical (unpaired) electrons. The van der Waals surface area contributed by atoms with Crippen LogP contribution < -0.4 is 5.32 Å². The number of benzene rings is 1. The molecule has 1 aliphatic heterocycles. The molecule has 1 fully saturated rings. The summed E-state index contributed by atoms with van der Waals surface area (Å²) in [5.41, 5.74) is 1.43. The Labute approximate surface area is 105 Å². The molecule has 1 aromatic rings. The SMILES string of the molecule is CCCC[C@@H]1CN(Cc2ccccc2)CCN1. The lowest BCUT2D eigenvalue weighted by Crippen LogP contribution is -2.50. The molecule has 0 spiro atoms. The predicted molar refractivity (Wildman–Crippen MR) is 73.0 cm³/mol. The second kappa shape index (κ2) is 6.77. The molecule has 94 valence electrons. The molecule has 0 amide bonds. The molecule has 2 rings (SSSR count). The third kappa shape index (κ3) is 4.14. The Morgan fingerprint density at radius 1 is 1.29 bits per heavy atom. The first kappa shape index (κ1) is 12.6. The molecule has 0 bridgehead atoms. The normalized spacial score (nSPS) is 21.6. The molecular formula is C15H24N2. The summed E-state index contributed by atoms with van der Waals surface area (Å²) in [6, 6.07) is 11.5. The van der Waals surface area contributed by atoms with E-state index in [0.717, 1.165) is 13.1 Å². The van der Waals surface area contributed by atoms with Crippen LogP contribution in [0.4, 0.5) is 0 Å². The van der Waals surface area contributed by atoms with E-state index in [9.17, 15) is 0 Å². The Hall–Kier alpha value is -0.860. The van der Waals surface area contributed by atoms with Crippen LogP contribution in [-0.4, -0.2) is 30.6 Å². The van der Waals surface area contributed by atoms with E-state index in [1.807, 2.05) is 0 Å². The molecule has 2 nitrogen and oxygen atoms in total. The van der Waals surface area contributed by atoms with Crippen molar-refractivity contribution >= 4 is 0 Å². The molecule has 2 heteroatoms. The zero-order valence-electron chi connectivity index (χ0n) is 10.9. The van der Waals surface area contributed by atoms with Crippen molar-refractivity contribution in [1.29, 1.82) is 0 Å². The second-order valence-corrected chi connectivity index (χ2v) is 5.01. The fourth-order valence-electron chi connectivity index (χ4n) is 2.52. The summed E-state index contributed by atoms with van der Waals surface area (Å²) in [6.07, 6.45) is 3.97. The van der Waals surface area contributed by atoms with E-state index in [0.29, 0.717) is 6.04 Å². The zero-order valence-corrected chi connectivity index (χ0v) is 10.9. The van der Waals surface area contributed by atoms with E-state index in [1.165, 1.54) is 37.9 Å². The fraction of sp³-hybridized carbons (Fsp3) is 0.600. The highest BCUT2D eigenvalue weighted by Gasteiger charge is 2.18. The van der Waals surface area contributed by atoms with Crippen LogP contribution in [0, 0.1) is 0 Å². The van der Waals surface area contributed by atoms with Crippen molar-refractivity contribution < 1.29 is 0 Å². The van der Waals surface area contributed by atoms with Crippen molar-refractivity contribution in [3.05, 3.63) is 35.9 Å². The highest BCUT2D eigenvalue weighted by atomic mass is 15.2. The Morgan fingerprint density at radius 3 is 2.88 bits per heavy atom. The minimum Gasteiger partial charge on any atom is -0.311 e. The van der Waals surface area contributed by atoms with Crippen LogP contribution >= 0.6 is 0 Å². The standard InChI is InChI=1S/C15H24N2/c1-2-3-9-15-13-17(11-10-16-15)12-14-7-5-4-6-8-14/h4-8,15-16H,2-3,9-13H2,1H3/t15-/m1/s1. The number of rotatable bonds is 5. The molecule has 0 aliphatic carbocycles. The maximum absolute atomic E-state index is 3.63. The molecule has 1 aliphatic rings. The molecular weight excluding hydrogens is 208 g/mol. The van der Waals surface area contributed by atoms with Gasteiger partial charge in [-0.1, -0.05) is 50.1 Å². The minimum absolute atomic E-state index is 0.701. The van der Waals surface area contributed by atoms with E-state index >= 15 is 0 Å². The van der Waals surface area contributed by atoms with Crippen molar-refractivity contribution in [3.8, 4) is 0 Å². The van der Waals surface area contributed by atoms with Crippen LogP contribution in [0.15, 0.2) is 30.3 Å². The summed E-state index contributed by atoms with van der Waals surface area (Å²) in [4.78, 5) is 2.58. The van der Waals surface area contributed by atoms with Crippen LogP contribution in [0.3, 0.4) is 0 Å². The van der Waals surface area contributed by atoms with Crippen molar-refractivity contribution in [3.63, 3.8) is 0 Å². The van der Waals surface area contributed by atoms with Gasteiger partial charge in [0.25, 0.3) is 0 Å². The van der Waals surface area contributed by atoms with E-state index in [4.69, 9.17) is 0 Å². The molecule has 1 N–H and O–H groups in total. The molecule has 0 unspecified atom stereocenters. The first-order chi connectivity index (χ1) is 8.38. The Balaban J connectivity index is 1.81. The van der Waals surface area contributed by atoms with Gasteiger partial charge in [0.15, 0.2) is 0 Å². The summed E-state index contributed by atoms with van der Waals surface area (Å²) >= 11 is 0. The Morgan fingerprint density at radius 2 is 2.12 bits per heavy atom. The predicted octanol–water partition coefficient (Wildman–Crippen LogP) is 2.65. The van der Waals surface area contributed by atoms with Crippen LogP contribution in [0.25, 0.3) is 0 Å². The molecule has 1 atom stereocenters. The van der Waals surface area contributed by atoms with E-state index in [2.05, 4.69) is 47.5 Å². The van der Waals surface area contributed by atoms with Gasteiger partial charge in [0, 0.05) is 32.2 Å². The topological polar surface area (TPSA) is 15.3 Å². The molecule has 17 heavy (non-hydrogen) atoms. The lowest BCUT2D eigenvalue weighted by Gasteiger charge is -2.33. The van der Waals surface area contributed by atoms with E-state index < -0.39 is 0 Å². The summed E-state index contributed by atoms with van der Waals surface area (Å²) in [5, 5.41) is 3.63. The summed E-state index contributed by atoms with van der Waals surface area (Å²) in [7, 11) is 0. The summed E-state index contributed by atoms with van der Waals surface area (Å²) in [6.45, 7) is 6.89. The Bertz CT molecular complexity index is 310. The quantitative estimate of drug-likeness (QED) is 0.839. The van der Waals surface area contributed by atoms with Gasteiger partial charge in [-0.3, -0.25) is 4.90 Å². The number of hydrogen-bond acceptors (Lipinski definition) is 2. The van der Waals surface area contributed by atoms with E-state index in [1.54, 1.807) is 0 Å². The average Bonchev–Trinajstić information content (AvgIpc) is 2.38. The third-order valence-electron chi connectivity index (χ3n) is 3.49. The van der Waals surface area contributed by atoms with Crippen LogP contribution in [0.2, 0.25) is 0 Å². The second-order valence-electron chi connectivity index (χ2n) is 5.01. The average molecular weight is 232 g/mol. The molecule has 0 aromatic heterocycles. The van der Waals surface area contributed by atoms with Crippen LogP contribution in [-0.2, 0) is 6.54 Å². The number of hydrogen-bond donors (Lipinski definition) is 1. The van der Waals surface area contributed by atoms with Gasteiger partial charge in [-0.2, -0.15) is 0 Å². The largest absolute Gasteiger partial charge is 0.311 e. The van der Waals surface area contributed by atoms with Gasteiger partial charge in [-0.25, -0.2) is 0 Å². The van der Waals surface area contributed by atoms with Gasteiger partial charge < -0.3 is 5.32 Å². The number of nitrogens with one attached hydrogen (secondary N) is 1. The molecule has 1 saturated heterocycles. The number of nitrogens with zero attached hydrogens (tertiary/aromatic N) is 1. The molecule has 0 saturated carbocycles. The van der Waals surface area contributed by atoms with Gasteiger partial charge in [-0.15, -0.1) is 0 Å². The lowest BCUT2D eigenvalue weighted by molar-refractivity contribution is 0.186. The van der Waals surface area contributed by atoms with Gasteiger partial charge in [0.05, 0.1) is 0 Å². The first-order valence-corrected chi connectivity index (χ1v) is 6.88. The maximum atomic E-state index is 3.63. The van der Waals surface area contributed by atoms with Gasteiger partial charge in [0.1, 0.15) is 0 Å². The van der Waals surface area contributed by atoms with Crippen molar-refractivity contribution in [2.45, 2.75) is 38.8 Å². The van der Waals surface area contributed by atoms with Gasteiger partial charge in [0.2, 0.25) is 0 Å². The fourth-order valence-corrected chi connectivity index (χ4v) is 2.52. The number of unbranched alkanes of at least 4 members (excludes halogenated alkanes) is 1. The minimum atomic E-state index is 0.701. The van der Waals surface area contributed by atoms with Crippen molar-refractivity contribution in [2.75, 3.05) is 19.6 Å². The van der Waals surface area contributed by atoms with Crippen LogP contribution in [0.5, 0.6) is 0 Å². The van der Waals surface area contributed by atoms with Gasteiger partial charge in [-0.05, 0) is 12.0 Å². The first-order valence-electron chi connectivity index (χ1n) is 6.88. The van der Waals surface area contributed by atoms with E-state index in [-0.39, 0.29) is 0 Å². The maximum Gasteiger partial charge on any atom is 0.0234 e. The smallest absolute Gasteiger partial charge is 0.0234 e. The summed E-state index contributed by atoms with van der Waals surface area (Å²) < 4.78 is 0. The van der Waals surface area contributed by atoms with Crippen molar-refractivity contribution in [2.24, 2.45) is 0 Å². The third-order valence-corrected chi connectivity index (χ3v) is 3.49. The van der Waals surface area contributed by atoms with Crippen molar-refractivity contribution in [1.82, 2.24) is 10.2 Å². The summed E-state index contributed by atoms with van der Waals surface area (Å²) in [5.74, 6) is 0. The highest BCUT2D eigenvalue weighted by Crippen LogP contribution is 2.10. The zero-order chi connectivity index (χ0) is 11.9. The Kier molecular flexibility index (Phi) is 5.02. The highest BCUT2D eigenvalue weighted by molar-refractivity contribution is 5.14. The molecule has 1 heterocycles. The number of piperazine rings is 1.